The first-order valence-electron chi connectivity index (χ1n) is 8.60. The van der Waals surface area contributed by atoms with Crippen molar-refractivity contribution in [1.82, 2.24) is 15.8 Å². The Balaban J connectivity index is 1.59. The number of fused-ring (bicyclic) bond motifs is 1. The molecule has 0 radical (unpaired) electrons. The third kappa shape index (κ3) is 3.95. The van der Waals surface area contributed by atoms with Gasteiger partial charge in [-0.05, 0) is 40.2 Å². The Hall–Kier alpha value is -2.50. The van der Waals surface area contributed by atoms with Crippen molar-refractivity contribution in [1.29, 1.82) is 0 Å². The van der Waals surface area contributed by atoms with Gasteiger partial charge in [-0.25, -0.2) is 4.79 Å². The summed E-state index contributed by atoms with van der Waals surface area (Å²) in [6, 6.07) is 7.61. The number of nitrogens with one attached hydrogen (secondary N) is 2. The molecule has 1 aliphatic heterocycles. The molecule has 1 atom stereocenters. The van der Waals surface area contributed by atoms with Crippen molar-refractivity contribution in [3.8, 4) is 5.75 Å². The van der Waals surface area contributed by atoms with Crippen LogP contribution in [0.25, 0.3) is 0 Å². The smallest absolute Gasteiger partial charge is 0.315 e. The number of benzene rings is 1. The lowest BCUT2D eigenvalue weighted by molar-refractivity contribution is 0.0679. The lowest BCUT2D eigenvalue weighted by Gasteiger charge is -2.37. The zero-order chi connectivity index (χ0) is 18.0. The highest BCUT2D eigenvalue weighted by molar-refractivity contribution is 5.74. The molecule has 3 rings (SSSR count). The molecule has 2 aromatic rings. The maximum atomic E-state index is 12.3. The second-order valence-corrected chi connectivity index (χ2v) is 7.11. The Morgan fingerprint density at radius 3 is 2.80 bits per heavy atom. The molecule has 1 aromatic carbocycles. The number of carbonyl (C=O) groups is 1. The lowest BCUT2D eigenvalue weighted by atomic mass is 9.90. The minimum atomic E-state index is -0.316. The average Bonchev–Trinajstić information content (AvgIpc) is 2.85. The van der Waals surface area contributed by atoms with Crippen LogP contribution in [-0.2, 0) is 6.42 Å². The Morgan fingerprint density at radius 1 is 1.32 bits per heavy atom. The number of urea groups is 1. The molecule has 0 saturated carbocycles. The monoisotopic (exact) mass is 343 g/mol. The fourth-order valence-corrected chi connectivity index (χ4v) is 3.30. The molecule has 6 nitrogen and oxygen atoms in total. The molecule has 0 bridgehead atoms. The number of aryl methyl sites for hydroxylation is 2. The van der Waals surface area contributed by atoms with Crippen molar-refractivity contribution in [2.45, 2.75) is 52.2 Å². The van der Waals surface area contributed by atoms with Gasteiger partial charge in [-0.1, -0.05) is 23.4 Å². The number of ether oxygens (including phenoxy) is 1. The normalized spacial score (nSPS) is 18.2. The number of carbonyl (C=O) groups excluding carboxylic acids is 1. The number of rotatable bonds is 4. The summed E-state index contributed by atoms with van der Waals surface area (Å²) >= 11 is 0. The highest BCUT2D eigenvalue weighted by atomic mass is 16.5. The van der Waals surface area contributed by atoms with Crippen molar-refractivity contribution in [3.63, 3.8) is 0 Å². The van der Waals surface area contributed by atoms with E-state index in [1.807, 2.05) is 52.0 Å². The zero-order valence-electron chi connectivity index (χ0n) is 15.2. The number of para-hydroxylation sites is 1. The number of amides is 2. The van der Waals surface area contributed by atoms with Gasteiger partial charge in [0, 0.05) is 24.1 Å². The summed E-state index contributed by atoms with van der Waals surface area (Å²) in [6.45, 7) is 8.40. The molecular weight excluding hydrogens is 318 g/mol. The fourth-order valence-electron chi connectivity index (χ4n) is 3.30. The standard InChI is InChI=1S/C19H25N3O3/c1-12-14(13(2)25-22-12)9-10-20-18(23)21-16-11-19(3,4)24-17-8-6-5-7-15(16)17/h5-8,16H,9-11H2,1-4H3,(H2,20,21,23)/t16-/m1/s1. The van der Waals surface area contributed by atoms with E-state index in [9.17, 15) is 4.79 Å². The van der Waals surface area contributed by atoms with Gasteiger partial charge < -0.3 is 19.9 Å². The van der Waals surface area contributed by atoms with E-state index in [1.165, 1.54) is 0 Å². The maximum Gasteiger partial charge on any atom is 0.315 e. The summed E-state index contributed by atoms with van der Waals surface area (Å²) < 4.78 is 11.1. The molecule has 1 aliphatic rings. The predicted molar refractivity (Wildman–Crippen MR) is 94.7 cm³/mol. The highest BCUT2D eigenvalue weighted by Gasteiger charge is 2.34. The van der Waals surface area contributed by atoms with Crippen LogP contribution in [0.5, 0.6) is 5.75 Å². The van der Waals surface area contributed by atoms with Crippen molar-refractivity contribution in [2.75, 3.05) is 6.54 Å². The van der Waals surface area contributed by atoms with Gasteiger partial charge in [0.25, 0.3) is 0 Å². The molecule has 2 amide bonds. The van der Waals surface area contributed by atoms with Crippen LogP contribution in [0.15, 0.2) is 28.8 Å². The van der Waals surface area contributed by atoms with E-state index in [0.29, 0.717) is 13.0 Å². The SMILES string of the molecule is Cc1noc(C)c1CCNC(=O)N[C@@H]1CC(C)(C)Oc2ccccc21. The van der Waals surface area contributed by atoms with E-state index in [1.54, 1.807) is 0 Å². The minimum absolute atomic E-state index is 0.0704. The summed E-state index contributed by atoms with van der Waals surface area (Å²) in [6.07, 6.45) is 1.42. The van der Waals surface area contributed by atoms with Crippen molar-refractivity contribution in [3.05, 3.63) is 46.8 Å². The first-order valence-corrected chi connectivity index (χ1v) is 8.60. The predicted octanol–water partition coefficient (Wildman–Crippen LogP) is 3.44. The quantitative estimate of drug-likeness (QED) is 0.892. The number of nitrogens with zero attached hydrogens (tertiary/aromatic N) is 1. The summed E-state index contributed by atoms with van der Waals surface area (Å²) in [5.74, 6) is 1.64. The molecule has 0 saturated heterocycles. The van der Waals surface area contributed by atoms with Crippen LogP contribution in [0, 0.1) is 13.8 Å². The van der Waals surface area contributed by atoms with E-state index in [-0.39, 0.29) is 17.7 Å². The molecule has 0 spiro atoms. The Labute approximate surface area is 147 Å². The summed E-state index contributed by atoms with van der Waals surface area (Å²) in [4.78, 5) is 12.3. The first kappa shape index (κ1) is 17.3. The Kier molecular flexibility index (Phi) is 4.70. The van der Waals surface area contributed by atoms with Gasteiger partial charge in [-0.15, -0.1) is 0 Å². The molecule has 2 N–H and O–H groups in total. The van der Waals surface area contributed by atoms with Crippen LogP contribution >= 0.6 is 0 Å². The van der Waals surface area contributed by atoms with Gasteiger partial charge in [0.15, 0.2) is 0 Å². The van der Waals surface area contributed by atoms with Crippen LogP contribution in [0.4, 0.5) is 4.79 Å². The number of aromatic nitrogens is 1. The van der Waals surface area contributed by atoms with Crippen molar-refractivity contribution < 1.29 is 14.1 Å². The maximum absolute atomic E-state index is 12.3. The molecule has 6 heteroatoms. The molecule has 2 heterocycles. The van der Waals surface area contributed by atoms with E-state index < -0.39 is 0 Å². The average molecular weight is 343 g/mol. The third-order valence-corrected chi connectivity index (χ3v) is 4.52. The lowest BCUT2D eigenvalue weighted by Crippen LogP contribution is -2.44. The zero-order valence-corrected chi connectivity index (χ0v) is 15.2. The van der Waals surface area contributed by atoms with Gasteiger partial charge in [-0.2, -0.15) is 0 Å². The topological polar surface area (TPSA) is 76.4 Å². The van der Waals surface area contributed by atoms with Crippen LogP contribution in [0.3, 0.4) is 0 Å². The van der Waals surface area contributed by atoms with Gasteiger partial charge in [0.2, 0.25) is 0 Å². The second-order valence-electron chi connectivity index (χ2n) is 7.11. The van der Waals surface area contributed by atoms with Gasteiger partial charge >= 0.3 is 6.03 Å². The highest BCUT2D eigenvalue weighted by Crippen LogP contribution is 2.39. The molecule has 1 aromatic heterocycles. The van der Waals surface area contributed by atoms with Crippen molar-refractivity contribution in [2.24, 2.45) is 0 Å². The molecule has 0 fully saturated rings. The summed E-state index contributed by atoms with van der Waals surface area (Å²) in [7, 11) is 0. The van der Waals surface area contributed by atoms with E-state index in [2.05, 4.69) is 15.8 Å². The number of hydrogen-bond acceptors (Lipinski definition) is 4. The second kappa shape index (κ2) is 6.78. The minimum Gasteiger partial charge on any atom is -0.487 e. The van der Waals surface area contributed by atoms with E-state index in [0.717, 1.165) is 34.8 Å². The Bertz CT molecular complexity index is 748. The first-order chi connectivity index (χ1) is 11.9. The third-order valence-electron chi connectivity index (χ3n) is 4.52. The van der Waals surface area contributed by atoms with Crippen LogP contribution in [0.2, 0.25) is 0 Å². The molecule has 25 heavy (non-hydrogen) atoms. The van der Waals surface area contributed by atoms with Gasteiger partial charge in [0.1, 0.15) is 17.1 Å². The number of hydrogen-bond donors (Lipinski definition) is 2. The van der Waals surface area contributed by atoms with Crippen LogP contribution in [-0.4, -0.2) is 23.3 Å². The molecule has 0 aliphatic carbocycles. The van der Waals surface area contributed by atoms with Crippen molar-refractivity contribution >= 4 is 6.03 Å². The van der Waals surface area contributed by atoms with Gasteiger partial charge in [-0.3, -0.25) is 0 Å². The fraction of sp³-hybridized carbons (Fsp3) is 0.474. The molecule has 134 valence electrons. The summed E-state index contributed by atoms with van der Waals surface area (Å²) in [5, 5.41) is 9.92. The van der Waals surface area contributed by atoms with E-state index >= 15 is 0 Å². The molecular formula is C19H25N3O3. The van der Waals surface area contributed by atoms with Crippen LogP contribution in [0.1, 0.15) is 48.9 Å². The van der Waals surface area contributed by atoms with E-state index in [4.69, 9.17) is 9.26 Å². The largest absolute Gasteiger partial charge is 0.487 e. The Morgan fingerprint density at radius 2 is 2.08 bits per heavy atom. The summed E-state index contributed by atoms with van der Waals surface area (Å²) in [5.41, 5.74) is 2.63. The van der Waals surface area contributed by atoms with Crippen LogP contribution < -0.4 is 15.4 Å². The van der Waals surface area contributed by atoms with Gasteiger partial charge in [0.05, 0.1) is 11.7 Å². The molecule has 0 unspecified atom stereocenters.